The highest BCUT2D eigenvalue weighted by molar-refractivity contribution is 9.12. The zero-order valence-corrected chi connectivity index (χ0v) is 9.93. The molecule has 5 heteroatoms. The second kappa shape index (κ2) is 4.96. The van der Waals surface area contributed by atoms with Gasteiger partial charge in [-0.2, -0.15) is 0 Å². The molecule has 0 aromatic heterocycles. The average molecular weight is 282 g/mol. The number of halogens is 2. The van der Waals surface area contributed by atoms with Gasteiger partial charge in [-0.3, -0.25) is 0 Å². The topological polar surface area (TPSA) is 46.5 Å². The number of carbonyl (C=O) groups excluding carboxylic acids is 1. The third kappa shape index (κ3) is 2.19. The largest absolute Gasteiger partial charge is 0.421 e. The van der Waals surface area contributed by atoms with Gasteiger partial charge in [-0.25, -0.2) is 4.79 Å². The number of rotatable bonds is 3. The molecule has 1 heterocycles. The van der Waals surface area contributed by atoms with Crippen LogP contribution in [-0.2, 0) is 9.53 Å². The first-order chi connectivity index (χ1) is 6.61. The lowest BCUT2D eigenvalue weighted by Crippen LogP contribution is -2.15. The molecule has 0 saturated carbocycles. The average Bonchev–Trinajstić information content (AvgIpc) is 2.41. The number of allylic oxidation sites excluding steroid dienone is 1. The molecule has 1 aliphatic rings. The summed E-state index contributed by atoms with van der Waals surface area (Å²) in [6.07, 6.45) is 0.517. The summed E-state index contributed by atoms with van der Waals surface area (Å²) in [5.41, 5.74) is 1.41. The molecule has 1 atom stereocenters. The number of aliphatic hydroxyl groups is 1. The summed E-state index contributed by atoms with van der Waals surface area (Å²) in [6, 6.07) is 0. The van der Waals surface area contributed by atoms with E-state index in [1.54, 1.807) is 0 Å². The molecule has 0 aliphatic carbocycles. The fraction of sp³-hybridized carbons (Fsp3) is 0.444. The van der Waals surface area contributed by atoms with Crippen molar-refractivity contribution in [1.82, 2.24) is 0 Å². The third-order valence-electron chi connectivity index (χ3n) is 1.87. The first kappa shape index (κ1) is 11.8. The van der Waals surface area contributed by atoms with Gasteiger partial charge in [0.2, 0.25) is 0 Å². The Balaban J connectivity index is 2.95. The summed E-state index contributed by atoms with van der Waals surface area (Å²) < 4.78 is 5.26. The van der Waals surface area contributed by atoms with E-state index in [1.165, 1.54) is 0 Å². The molecule has 0 amide bonds. The van der Waals surface area contributed by atoms with Gasteiger partial charge in [0.05, 0.1) is 16.2 Å². The van der Waals surface area contributed by atoms with Gasteiger partial charge in [-0.15, -0.1) is 0 Å². The first-order valence-corrected chi connectivity index (χ1v) is 5.45. The molecule has 1 aliphatic heterocycles. The molecular weight excluding hydrogens is 271 g/mol. The lowest BCUT2D eigenvalue weighted by atomic mass is 10.1. The maximum atomic E-state index is 11.3. The quantitative estimate of drug-likeness (QED) is 0.808. The highest BCUT2D eigenvalue weighted by Gasteiger charge is 2.32. The van der Waals surface area contributed by atoms with E-state index in [0.717, 1.165) is 12.0 Å². The minimum atomic E-state index is -0.795. The monoisotopic (exact) mass is 280 g/mol. The van der Waals surface area contributed by atoms with E-state index in [1.807, 2.05) is 6.92 Å². The van der Waals surface area contributed by atoms with E-state index in [-0.39, 0.29) is 11.3 Å². The highest BCUT2D eigenvalue weighted by atomic mass is 79.9. The minimum Gasteiger partial charge on any atom is -0.421 e. The molecule has 0 aromatic rings. The summed E-state index contributed by atoms with van der Waals surface area (Å²) in [5.74, 6) is -0.286. The molecule has 78 valence electrons. The molecule has 0 fully saturated rings. The normalized spacial score (nSPS) is 21.7. The maximum Gasteiger partial charge on any atom is 0.343 e. The van der Waals surface area contributed by atoms with E-state index in [0.29, 0.717) is 10.9 Å². The Hall–Kier alpha value is -0.320. The lowest BCUT2D eigenvalue weighted by molar-refractivity contribution is -0.134. The van der Waals surface area contributed by atoms with Gasteiger partial charge >= 0.3 is 5.97 Å². The van der Waals surface area contributed by atoms with Gasteiger partial charge in [0.1, 0.15) is 0 Å². The van der Waals surface area contributed by atoms with E-state index in [4.69, 9.17) is 16.3 Å². The fourth-order valence-electron chi connectivity index (χ4n) is 1.19. The van der Waals surface area contributed by atoms with Crippen LogP contribution in [0.1, 0.15) is 19.8 Å². The van der Waals surface area contributed by atoms with E-state index < -0.39 is 12.1 Å². The smallest absolute Gasteiger partial charge is 0.343 e. The van der Waals surface area contributed by atoms with E-state index >= 15 is 0 Å². The van der Waals surface area contributed by atoms with Crippen LogP contribution in [0, 0.1) is 0 Å². The van der Waals surface area contributed by atoms with Crippen molar-refractivity contribution in [3.8, 4) is 0 Å². The van der Waals surface area contributed by atoms with Gasteiger partial charge in [0, 0.05) is 5.54 Å². The summed E-state index contributed by atoms with van der Waals surface area (Å²) >= 11 is 8.59. The molecule has 0 radical (unpaired) electrons. The molecule has 0 saturated heterocycles. The Bertz CT molecular complexity index is 309. The summed E-state index contributed by atoms with van der Waals surface area (Å²) in [4.78, 5) is 11.3. The van der Waals surface area contributed by atoms with Gasteiger partial charge in [0.15, 0.2) is 5.76 Å². The number of carbonyl (C=O) groups is 1. The SMILES string of the molecule is CCCC(O)C1=C(Br)C(=CCl)OC1=O. The van der Waals surface area contributed by atoms with Gasteiger partial charge in [-0.05, 0) is 22.4 Å². The second-order valence-corrected chi connectivity index (χ2v) is 3.91. The van der Waals surface area contributed by atoms with Gasteiger partial charge in [0.25, 0.3) is 0 Å². The molecule has 0 spiro atoms. The van der Waals surface area contributed by atoms with Crippen LogP contribution in [0.5, 0.6) is 0 Å². The van der Waals surface area contributed by atoms with Gasteiger partial charge < -0.3 is 9.84 Å². The molecule has 0 aromatic carbocycles. The lowest BCUT2D eigenvalue weighted by Gasteiger charge is -2.07. The number of hydrogen-bond acceptors (Lipinski definition) is 3. The predicted molar refractivity (Wildman–Crippen MR) is 56.9 cm³/mol. The molecule has 1 N–H and O–H groups in total. The number of ether oxygens (including phenoxy) is 1. The van der Waals surface area contributed by atoms with Crippen LogP contribution >= 0.6 is 27.5 Å². The van der Waals surface area contributed by atoms with Crippen LogP contribution in [0.25, 0.3) is 0 Å². The third-order valence-corrected chi connectivity index (χ3v) is 2.89. The van der Waals surface area contributed by atoms with Crippen molar-refractivity contribution < 1.29 is 14.6 Å². The van der Waals surface area contributed by atoms with Crippen LogP contribution in [0.15, 0.2) is 21.3 Å². The molecular formula is C9H10BrClO3. The van der Waals surface area contributed by atoms with E-state index in [2.05, 4.69) is 15.9 Å². The van der Waals surface area contributed by atoms with E-state index in [9.17, 15) is 9.90 Å². The highest BCUT2D eigenvalue weighted by Crippen LogP contribution is 2.34. The van der Waals surface area contributed by atoms with Crippen molar-refractivity contribution in [2.75, 3.05) is 0 Å². The Labute approximate surface area is 95.5 Å². The zero-order chi connectivity index (χ0) is 10.7. The number of cyclic esters (lactones) is 1. The summed E-state index contributed by atoms with van der Waals surface area (Å²) in [6.45, 7) is 1.93. The number of aliphatic hydroxyl groups excluding tert-OH is 1. The van der Waals surface area contributed by atoms with Crippen LogP contribution < -0.4 is 0 Å². The fourth-order valence-corrected chi connectivity index (χ4v) is 2.10. The molecule has 14 heavy (non-hydrogen) atoms. The van der Waals surface area contributed by atoms with Crippen LogP contribution in [0.4, 0.5) is 0 Å². The van der Waals surface area contributed by atoms with Crippen molar-refractivity contribution >= 4 is 33.5 Å². The van der Waals surface area contributed by atoms with Crippen LogP contribution in [0.2, 0.25) is 0 Å². The zero-order valence-electron chi connectivity index (χ0n) is 7.59. The molecule has 1 unspecified atom stereocenters. The van der Waals surface area contributed by atoms with Gasteiger partial charge in [-0.1, -0.05) is 24.9 Å². The van der Waals surface area contributed by atoms with Crippen LogP contribution in [0.3, 0.4) is 0 Å². The Morgan fingerprint density at radius 1 is 1.71 bits per heavy atom. The Kier molecular flexibility index (Phi) is 4.16. The van der Waals surface area contributed by atoms with Crippen molar-refractivity contribution in [1.29, 1.82) is 0 Å². The maximum absolute atomic E-state index is 11.3. The van der Waals surface area contributed by atoms with Crippen molar-refractivity contribution in [2.24, 2.45) is 0 Å². The van der Waals surface area contributed by atoms with Crippen molar-refractivity contribution in [3.63, 3.8) is 0 Å². The summed E-state index contributed by atoms with van der Waals surface area (Å²) in [5, 5.41) is 9.64. The minimum absolute atomic E-state index is 0.249. The van der Waals surface area contributed by atoms with Crippen LogP contribution in [-0.4, -0.2) is 17.2 Å². The molecule has 1 rings (SSSR count). The Morgan fingerprint density at radius 2 is 2.36 bits per heavy atom. The number of esters is 1. The molecule has 0 bridgehead atoms. The first-order valence-electron chi connectivity index (χ1n) is 4.22. The predicted octanol–water partition coefficient (Wildman–Crippen LogP) is 2.43. The number of hydrogen-bond donors (Lipinski definition) is 1. The second-order valence-electron chi connectivity index (χ2n) is 2.90. The summed E-state index contributed by atoms with van der Waals surface area (Å²) in [7, 11) is 0. The Morgan fingerprint density at radius 3 is 2.79 bits per heavy atom. The standard InChI is InChI=1S/C9H10BrClO3/c1-2-3-5(12)7-8(10)6(4-11)14-9(7)13/h4-5,12H,2-3H2,1H3. The molecule has 3 nitrogen and oxygen atoms in total. The van der Waals surface area contributed by atoms with Crippen molar-refractivity contribution in [2.45, 2.75) is 25.9 Å². The van der Waals surface area contributed by atoms with Crippen molar-refractivity contribution in [3.05, 3.63) is 21.3 Å².